The van der Waals surface area contributed by atoms with Crippen molar-refractivity contribution in [2.45, 2.75) is 6.04 Å². The van der Waals surface area contributed by atoms with Crippen LogP contribution in [0.4, 0.5) is 0 Å². The summed E-state index contributed by atoms with van der Waals surface area (Å²) < 4.78 is 0. The molecule has 1 atom stereocenters. The van der Waals surface area contributed by atoms with Crippen molar-refractivity contribution in [3.05, 3.63) is 35.9 Å². The third kappa shape index (κ3) is 4.46. The minimum absolute atomic E-state index is 0. The van der Waals surface area contributed by atoms with Gasteiger partial charge in [0, 0.05) is 25.7 Å². The van der Waals surface area contributed by atoms with Crippen LogP contribution in [0.25, 0.3) is 0 Å². The van der Waals surface area contributed by atoms with Crippen LogP contribution in [0.1, 0.15) is 11.6 Å². The van der Waals surface area contributed by atoms with E-state index in [4.69, 9.17) is 5.73 Å². The summed E-state index contributed by atoms with van der Waals surface area (Å²) in [6.07, 6.45) is 0. The summed E-state index contributed by atoms with van der Waals surface area (Å²) in [6.45, 7) is 2.07. The van der Waals surface area contributed by atoms with Gasteiger partial charge in [-0.25, -0.2) is 0 Å². The first-order valence-electron chi connectivity index (χ1n) is 5.56. The Labute approximate surface area is 120 Å². The maximum Gasteiger partial charge on any atom is 0.225 e. The van der Waals surface area contributed by atoms with E-state index >= 15 is 0 Å². The highest BCUT2D eigenvalue weighted by Crippen LogP contribution is 2.09. The lowest BCUT2D eigenvalue weighted by atomic mass is 10.0. The fraction of sp³-hybridized carbons (Fsp3) is 0.417. The molecule has 0 saturated carbocycles. The Bertz CT molecular complexity index is 358. The zero-order valence-electron chi connectivity index (χ0n) is 9.96. The molecule has 1 heterocycles. The predicted octanol–water partition coefficient (Wildman–Crippen LogP) is 0.866. The molecule has 4 N–H and O–H groups in total. The smallest absolute Gasteiger partial charge is 0.225 e. The first-order valence-corrected chi connectivity index (χ1v) is 5.56. The van der Waals surface area contributed by atoms with Crippen LogP contribution >= 0.6 is 24.8 Å². The fourth-order valence-electron chi connectivity index (χ4n) is 1.65. The Kier molecular flexibility index (Phi) is 7.95. The van der Waals surface area contributed by atoms with E-state index in [0.717, 1.165) is 18.7 Å². The molecule has 1 aliphatic heterocycles. The molecule has 0 radical (unpaired) electrons. The first kappa shape index (κ1) is 17.2. The average Bonchev–Trinajstić information content (AvgIpc) is 2.25. The van der Waals surface area contributed by atoms with Gasteiger partial charge in [-0.3, -0.25) is 4.79 Å². The number of nitrogens with one attached hydrogen (secondary N) is 2. The second-order valence-corrected chi connectivity index (χ2v) is 4.12. The van der Waals surface area contributed by atoms with Crippen LogP contribution in [0.3, 0.4) is 0 Å². The highest BCUT2D eigenvalue weighted by Gasteiger charge is 2.24. The molecule has 0 aromatic heterocycles. The van der Waals surface area contributed by atoms with Gasteiger partial charge in [0.25, 0.3) is 0 Å². The first-order chi connectivity index (χ1) is 7.77. The van der Waals surface area contributed by atoms with Crippen molar-refractivity contribution >= 4 is 30.7 Å². The van der Waals surface area contributed by atoms with E-state index in [0.29, 0.717) is 6.54 Å². The molecule has 1 unspecified atom stereocenters. The maximum absolute atomic E-state index is 11.6. The lowest BCUT2D eigenvalue weighted by Gasteiger charge is -2.26. The van der Waals surface area contributed by atoms with Crippen LogP contribution in [0.15, 0.2) is 30.3 Å². The molecule has 1 aromatic carbocycles. The average molecular weight is 292 g/mol. The van der Waals surface area contributed by atoms with Crippen molar-refractivity contribution < 1.29 is 4.79 Å². The van der Waals surface area contributed by atoms with Crippen molar-refractivity contribution in [3.63, 3.8) is 0 Å². The fourth-order valence-corrected chi connectivity index (χ4v) is 1.65. The molecule has 0 bridgehead atoms. The van der Waals surface area contributed by atoms with Crippen molar-refractivity contribution in [2.75, 3.05) is 19.6 Å². The van der Waals surface area contributed by atoms with E-state index in [1.807, 2.05) is 30.3 Å². The molecule has 18 heavy (non-hydrogen) atoms. The van der Waals surface area contributed by atoms with Crippen LogP contribution in [-0.4, -0.2) is 25.5 Å². The van der Waals surface area contributed by atoms with Crippen molar-refractivity contribution in [1.82, 2.24) is 10.6 Å². The Morgan fingerprint density at radius 3 is 2.44 bits per heavy atom. The van der Waals surface area contributed by atoms with Crippen LogP contribution in [0.5, 0.6) is 0 Å². The third-order valence-corrected chi connectivity index (χ3v) is 2.88. The highest BCUT2D eigenvalue weighted by atomic mass is 35.5. The quantitative estimate of drug-likeness (QED) is 0.771. The Morgan fingerprint density at radius 1 is 1.33 bits per heavy atom. The molecule has 4 nitrogen and oxygen atoms in total. The molecule has 1 aromatic rings. The number of amides is 1. The SMILES string of the molecule is Cl.Cl.NC(CNC(=O)C1CNC1)c1ccccc1. The van der Waals surface area contributed by atoms with Crippen LogP contribution in [-0.2, 0) is 4.79 Å². The zero-order chi connectivity index (χ0) is 11.4. The molecule has 1 saturated heterocycles. The second kappa shape index (κ2) is 8.32. The number of rotatable bonds is 4. The van der Waals surface area contributed by atoms with Gasteiger partial charge in [0.1, 0.15) is 0 Å². The second-order valence-electron chi connectivity index (χ2n) is 4.12. The van der Waals surface area contributed by atoms with E-state index in [2.05, 4.69) is 10.6 Å². The van der Waals surface area contributed by atoms with Crippen molar-refractivity contribution in [2.24, 2.45) is 11.7 Å². The van der Waals surface area contributed by atoms with Gasteiger partial charge in [-0.05, 0) is 5.56 Å². The predicted molar refractivity (Wildman–Crippen MR) is 77.2 cm³/mol. The third-order valence-electron chi connectivity index (χ3n) is 2.88. The van der Waals surface area contributed by atoms with Crippen molar-refractivity contribution in [1.29, 1.82) is 0 Å². The number of nitrogens with two attached hydrogens (primary N) is 1. The van der Waals surface area contributed by atoms with Crippen LogP contribution in [0.2, 0.25) is 0 Å². The maximum atomic E-state index is 11.6. The Hall–Kier alpha value is -0.810. The molecule has 6 heteroatoms. The molecule has 2 rings (SSSR count). The molecular weight excluding hydrogens is 273 g/mol. The molecule has 0 aliphatic carbocycles. The van der Waals surface area contributed by atoms with Gasteiger partial charge in [-0.15, -0.1) is 24.8 Å². The topological polar surface area (TPSA) is 67.1 Å². The summed E-state index contributed by atoms with van der Waals surface area (Å²) in [4.78, 5) is 11.6. The van der Waals surface area contributed by atoms with Gasteiger partial charge in [0.15, 0.2) is 0 Å². The Morgan fingerprint density at radius 2 is 1.94 bits per heavy atom. The lowest BCUT2D eigenvalue weighted by molar-refractivity contribution is -0.126. The number of carbonyl (C=O) groups is 1. The van der Waals surface area contributed by atoms with E-state index < -0.39 is 0 Å². The largest absolute Gasteiger partial charge is 0.354 e. The molecular formula is C12H19Cl2N3O. The minimum Gasteiger partial charge on any atom is -0.354 e. The number of carbonyl (C=O) groups excluding carboxylic acids is 1. The highest BCUT2D eigenvalue weighted by molar-refractivity contribution is 5.85. The molecule has 1 aliphatic rings. The summed E-state index contributed by atoms with van der Waals surface area (Å²) >= 11 is 0. The van der Waals surface area contributed by atoms with Gasteiger partial charge < -0.3 is 16.4 Å². The standard InChI is InChI=1S/C12H17N3O.2ClH/c13-11(9-4-2-1-3-5-9)8-15-12(16)10-6-14-7-10;;/h1-5,10-11,14H,6-8,13H2,(H,15,16);2*1H. The number of benzene rings is 1. The molecule has 1 fully saturated rings. The molecule has 1 amide bonds. The molecule has 0 spiro atoms. The van der Waals surface area contributed by atoms with Crippen molar-refractivity contribution in [3.8, 4) is 0 Å². The summed E-state index contributed by atoms with van der Waals surface area (Å²) in [6, 6.07) is 9.68. The number of hydrogen-bond acceptors (Lipinski definition) is 3. The number of hydrogen-bond donors (Lipinski definition) is 3. The van der Waals surface area contributed by atoms with E-state index in [9.17, 15) is 4.79 Å². The van der Waals surface area contributed by atoms with E-state index in [1.54, 1.807) is 0 Å². The van der Waals surface area contributed by atoms with Gasteiger partial charge >= 0.3 is 0 Å². The van der Waals surface area contributed by atoms with Crippen LogP contribution in [0, 0.1) is 5.92 Å². The zero-order valence-corrected chi connectivity index (χ0v) is 11.6. The monoisotopic (exact) mass is 291 g/mol. The van der Waals surface area contributed by atoms with Gasteiger partial charge in [0.2, 0.25) is 5.91 Å². The lowest BCUT2D eigenvalue weighted by Crippen LogP contribution is -2.51. The van der Waals surface area contributed by atoms with E-state index in [1.165, 1.54) is 0 Å². The van der Waals surface area contributed by atoms with Gasteiger partial charge in [-0.2, -0.15) is 0 Å². The van der Waals surface area contributed by atoms with Crippen LogP contribution < -0.4 is 16.4 Å². The Balaban J connectivity index is 0.00000144. The minimum atomic E-state index is -0.127. The number of halogens is 2. The summed E-state index contributed by atoms with van der Waals surface area (Å²) in [5.41, 5.74) is 7.02. The van der Waals surface area contributed by atoms with Gasteiger partial charge in [-0.1, -0.05) is 30.3 Å². The molecule has 102 valence electrons. The summed E-state index contributed by atoms with van der Waals surface area (Å²) in [7, 11) is 0. The van der Waals surface area contributed by atoms with Gasteiger partial charge in [0.05, 0.1) is 5.92 Å². The summed E-state index contributed by atoms with van der Waals surface area (Å²) in [5.74, 6) is 0.230. The summed E-state index contributed by atoms with van der Waals surface area (Å²) in [5, 5.41) is 5.95. The van der Waals surface area contributed by atoms with E-state index in [-0.39, 0.29) is 42.7 Å². The normalized spacial score (nSPS) is 15.6.